The minimum Gasteiger partial charge on any atom is -0.491 e. The molecule has 0 aromatic heterocycles. The van der Waals surface area contributed by atoms with Gasteiger partial charge < -0.3 is 14.7 Å². The Hall–Kier alpha value is -1.75. The van der Waals surface area contributed by atoms with E-state index in [-0.39, 0.29) is 0 Å². The predicted octanol–water partition coefficient (Wildman–Crippen LogP) is 3.46. The molecule has 0 bridgehead atoms. The van der Waals surface area contributed by atoms with Gasteiger partial charge in [0.15, 0.2) is 0 Å². The fraction of sp³-hybridized carbons (Fsp3) is 0.429. The normalized spacial score (nSPS) is 16.5. The maximum Gasteiger partial charge on any atom is 0.119 e. The lowest BCUT2D eigenvalue weighted by molar-refractivity contribution is 0.0663. The molecule has 1 N–H and O–H groups in total. The molecule has 3 rings (SSSR count). The molecule has 4 nitrogen and oxygen atoms in total. The predicted molar refractivity (Wildman–Crippen MR) is 107 cm³/mol. The fourth-order valence-electron chi connectivity index (χ4n) is 3.23. The van der Waals surface area contributed by atoms with E-state index in [2.05, 4.69) is 34.9 Å². The molecule has 1 aliphatic heterocycles. The first-order valence-electron chi connectivity index (χ1n) is 9.26. The molecule has 0 aliphatic carbocycles. The Balaban J connectivity index is 1.40. The number of β-amino-alcohol motifs (C(OH)–C–C–N with tert-alkyl or cyclic N) is 1. The Morgan fingerprint density at radius 2 is 1.81 bits per heavy atom. The van der Waals surface area contributed by atoms with E-state index >= 15 is 0 Å². The summed E-state index contributed by atoms with van der Waals surface area (Å²) in [5, 5.41) is 11.1. The molecule has 1 saturated heterocycles. The van der Waals surface area contributed by atoms with Crippen molar-refractivity contribution in [3.05, 3.63) is 59.1 Å². The molecule has 0 spiro atoms. The van der Waals surface area contributed by atoms with Crippen molar-refractivity contribution in [3.63, 3.8) is 0 Å². The van der Waals surface area contributed by atoms with E-state index in [1.807, 2.05) is 30.3 Å². The summed E-state index contributed by atoms with van der Waals surface area (Å²) in [6, 6.07) is 16.0. The maximum absolute atomic E-state index is 10.3. The Morgan fingerprint density at radius 1 is 1.08 bits per heavy atom. The van der Waals surface area contributed by atoms with E-state index in [0.29, 0.717) is 13.2 Å². The molecular weight excluding hydrogens is 348 g/mol. The molecule has 0 radical (unpaired) electrons. The number of halogens is 1. The van der Waals surface area contributed by atoms with Crippen molar-refractivity contribution in [2.45, 2.75) is 19.4 Å². The second kappa shape index (κ2) is 9.26. The Morgan fingerprint density at radius 3 is 2.46 bits per heavy atom. The minimum atomic E-state index is -0.487. The third-order valence-corrected chi connectivity index (χ3v) is 5.02. The highest BCUT2D eigenvalue weighted by atomic mass is 35.5. The second-order valence-corrected chi connectivity index (χ2v) is 7.17. The minimum absolute atomic E-state index is 0.319. The Kier molecular flexibility index (Phi) is 6.78. The van der Waals surface area contributed by atoms with Crippen LogP contribution in [0.15, 0.2) is 48.5 Å². The lowest BCUT2D eigenvalue weighted by atomic mass is 10.2. The average molecular weight is 375 g/mol. The molecule has 2 aromatic rings. The highest BCUT2D eigenvalue weighted by Crippen LogP contribution is 2.21. The number of aliphatic hydroxyl groups is 1. The number of rotatable bonds is 7. The zero-order valence-corrected chi connectivity index (χ0v) is 16.0. The number of ether oxygens (including phenoxy) is 1. The van der Waals surface area contributed by atoms with Crippen LogP contribution >= 0.6 is 11.6 Å². The van der Waals surface area contributed by atoms with Crippen LogP contribution in [0.1, 0.15) is 12.5 Å². The van der Waals surface area contributed by atoms with Crippen molar-refractivity contribution in [1.82, 2.24) is 4.90 Å². The lowest BCUT2D eigenvalue weighted by Gasteiger charge is -2.36. The molecule has 2 aromatic carbocycles. The topological polar surface area (TPSA) is 35.9 Å². The summed E-state index contributed by atoms with van der Waals surface area (Å²) in [7, 11) is 0. The standard InChI is InChI=1S/C21H27ClN2O2/c1-2-17-6-8-21(9-7-17)26-16-20(25)15-23-10-12-24(13-11-23)19-5-3-4-18(22)14-19/h3-9,14,20,25H,2,10-13,15-16H2,1H3. The number of benzene rings is 2. The Bertz CT molecular complexity index is 685. The zero-order valence-electron chi connectivity index (χ0n) is 15.3. The third-order valence-electron chi connectivity index (χ3n) is 4.79. The van der Waals surface area contributed by atoms with Gasteiger partial charge in [-0.25, -0.2) is 0 Å². The lowest BCUT2D eigenvalue weighted by Crippen LogP contribution is -2.49. The molecule has 0 amide bonds. The number of anilines is 1. The van der Waals surface area contributed by atoms with Gasteiger partial charge in [0.05, 0.1) is 0 Å². The zero-order chi connectivity index (χ0) is 18.4. The molecular formula is C21H27ClN2O2. The quantitative estimate of drug-likeness (QED) is 0.805. The van der Waals surface area contributed by atoms with E-state index in [4.69, 9.17) is 16.3 Å². The van der Waals surface area contributed by atoms with E-state index in [1.54, 1.807) is 0 Å². The Labute approximate surface area is 160 Å². The molecule has 1 heterocycles. The van der Waals surface area contributed by atoms with Crippen LogP contribution in [0.3, 0.4) is 0 Å². The first-order valence-corrected chi connectivity index (χ1v) is 9.64. The summed E-state index contributed by atoms with van der Waals surface area (Å²) in [6.45, 7) is 6.81. The summed E-state index contributed by atoms with van der Waals surface area (Å²) in [5.74, 6) is 0.812. The van der Waals surface area contributed by atoms with Crippen LogP contribution in [0, 0.1) is 0 Å². The highest BCUT2D eigenvalue weighted by Gasteiger charge is 2.20. The van der Waals surface area contributed by atoms with Crippen LogP contribution in [0.2, 0.25) is 5.02 Å². The van der Waals surface area contributed by atoms with Gasteiger partial charge in [-0.05, 0) is 42.3 Å². The molecule has 1 atom stereocenters. The first kappa shape index (κ1) is 19.0. The summed E-state index contributed by atoms with van der Waals surface area (Å²) >= 11 is 6.08. The van der Waals surface area contributed by atoms with Gasteiger partial charge >= 0.3 is 0 Å². The van der Waals surface area contributed by atoms with Gasteiger partial charge in [0, 0.05) is 43.4 Å². The van der Waals surface area contributed by atoms with Gasteiger partial charge in [0.2, 0.25) is 0 Å². The molecule has 0 saturated carbocycles. The van der Waals surface area contributed by atoms with Crippen LogP contribution in [-0.2, 0) is 6.42 Å². The SMILES string of the molecule is CCc1ccc(OCC(O)CN2CCN(c3cccc(Cl)c3)CC2)cc1. The molecule has 1 aliphatic rings. The van der Waals surface area contributed by atoms with Gasteiger partial charge in [0.1, 0.15) is 18.5 Å². The number of nitrogens with zero attached hydrogens (tertiary/aromatic N) is 2. The van der Waals surface area contributed by atoms with Gasteiger partial charge in [-0.1, -0.05) is 36.7 Å². The molecule has 1 unspecified atom stereocenters. The van der Waals surface area contributed by atoms with Crippen molar-refractivity contribution >= 4 is 17.3 Å². The van der Waals surface area contributed by atoms with E-state index < -0.39 is 6.10 Å². The summed E-state index contributed by atoms with van der Waals surface area (Å²) in [5.41, 5.74) is 2.45. The van der Waals surface area contributed by atoms with Crippen molar-refractivity contribution in [2.75, 3.05) is 44.2 Å². The summed E-state index contributed by atoms with van der Waals surface area (Å²) in [4.78, 5) is 4.62. The van der Waals surface area contributed by atoms with Gasteiger partial charge in [-0.3, -0.25) is 4.90 Å². The number of aliphatic hydroxyl groups excluding tert-OH is 1. The number of aryl methyl sites for hydroxylation is 1. The van der Waals surface area contributed by atoms with Crippen LogP contribution in [-0.4, -0.2) is 55.4 Å². The number of hydrogen-bond acceptors (Lipinski definition) is 4. The number of piperazine rings is 1. The van der Waals surface area contributed by atoms with E-state index in [1.165, 1.54) is 5.56 Å². The largest absolute Gasteiger partial charge is 0.491 e. The van der Waals surface area contributed by atoms with E-state index in [0.717, 1.165) is 49.1 Å². The summed E-state index contributed by atoms with van der Waals surface area (Å²) in [6.07, 6.45) is 0.530. The summed E-state index contributed by atoms with van der Waals surface area (Å²) < 4.78 is 5.71. The van der Waals surface area contributed by atoms with Crippen LogP contribution in [0.5, 0.6) is 5.75 Å². The van der Waals surface area contributed by atoms with Crippen LogP contribution < -0.4 is 9.64 Å². The third kappa shape index (κ3) is 5.37. The number of hydrogen-bond donors (Lipinski definition) is 1. The van der Waals surface area contributed by atoms with Crippen molar-refractivity contribution in [2.24, 2.45) is 0 Å². The van der Waals surface area contributed by atoms with Crippen molar-refractivity contribution in [3.8, 4) is 5.75 Å². The van der Waals surface area contributed by atoms with Gasteiger partial charge in [0.25, 0.3) is 0 Å². The maximum atomic E-state index is 10.3. The molecule has 140 valence electrons. The van der Waals surface area contributed by atoms with Crippen LogP contribution in [0.25, 0.3) is 0 Å². The van der Waals surface area contributed by atoms with E-state index in [9.17, 15) is 5.11 Å². The van der Waals surface area contributed by atoms with Crippen molar-refractivity contribution in [1.29, 1.82) is 0 Å². The monoisotopic (exact) mass is 374 g/mol. The van der Waals surface area contributed by atoms with Gasteiger partial charge in [-0.2, -0.15) is 0 Å². The van der Waals surface area contributed by atoms with Crippen molar-refractivity contribution < 1.29 is 9.84 Å². The fourth-order valence-corrected chi connectivity index (χ4v) is 3.41. The molecule has 26 heavy (non-hydrogen) atoms. The second-order valence-electron chi connectivity index (χ2n) is 6.73. The van der Waals surface area contributed by atoms with Crippen LogP contribution in [0.4, 0.5) is 5.69 Å². The molecule has 5 heteroatoms. The molecule has 1 fully saturated rings. The smallest absolute Gasteiger partial charge is 0.119 e. The highest BCUT2D eigenvalue weighted by molar-refractivity contribution is 6.30. The average Bonchev–Trinajstić information content (AvgIpc) is 2.67. The first-order chi connectivity index (χ1) is 12.6. The van der Waals surface area contributed by atoms with Gasteiger partial charge in [-0.15, -0.1) is 0 Å².